The van der Waals surface area contributed by atoms with Gasteiger partial charge in [0.2, 0.25) is 15.9 Å². The van der Waals surface area contributed by atoms with E-state index in [2.05, 4.69) is 4.74 Å². The highest BCUT2D eigenvalue weighted by atomic mass is 32.2. The number of piperidine rings is 1. The van der Waals surface area contributed by atoms with Gasteiger partial charge in [-0.25, -0.2) is 17.5 Å². The maximum atomic E-state index is 12.6. The summed E-state index contributed by atoms with van der Waals surface area (Å²) in [6.45, 7) is 2.62. The van der Waals surface area contributed by atoms with Crippen LogP contribution in [0.2, 0.25) is 0 Å². The van der Waals surface area contributed by atoms with Gasteiger partial charge in [-0.3, -0.25) is 4.79 Å². The van der Waals surface area contributed by atoms with Crippen molar-refractivity contribution in [2.24, 2.45) is 5.92 Å². The highest BCUT2D eigenvalue weighted by Crippen LogP contribution is 2.23. The fraction of sp³-hybridized carbons (Fsp3) is 0.625. The lowest BCUT2D eigenvalue weighted by Crippen LogP contribution is -2.42. The first kappa shape index (κ1) is 19.5. The van der Waals surface area contributed by atoms with Gasteiger partial charge in [-0.2, -0.15) is 0 Å². The molecular formula is C16H24N2O6S. The Labute approximate surface area is 147 Å². The second kappa shape index (κ2) is 7.57. The van der Waals surface area contributed by atoms with Crippen molar-refractivity contribution in [1.82, 2.24) is 9.21 Å². The zero-order valence-corrected chi connectivity index (χ0v) is 15.8. The topological polar surface area (TPSA) is 97.1 Å². The molecule has 0 atom stereocenters. The van der Waals surface area contributed by atoms with Gasteiger partial charge in [0.1, 0.15) is 17.1 Å². The molecule has 1 aromatic rings. The smallest absolute Gasteiger partial charge is 0.341 e. The van der Waals surface area contributed by atoms with Gasteiger partial charge in [-0.15, -0.1) is 0 Å². The van der Waals surface area contributed by atoms with Crippen LogP contribution in [0.5, 0.6) is 0 Å². The molecule has 1 aromatic heterocycles. The summed E-state index contributed by atoms with van der Waals surface area (Å²) in [5.41, 5.74) is 0.347. The Balaban J connectivity index is 1.96. The lowest BCUT2D eigenvalue weighted by atomic mass is 9.96. The Hall–Kier alpha value is -1.87. The summed E-state index contributed by atoms with van der Waals surface area (Å²) < 4.78 is 34.7. The second-order valence-corrected chi connectivity index (χ2v) is 8.29. The predicted molar refractivity (Wildman–Crippen MR) is 90.4 cm³/mol. The Morgan fingerprint density at radius 2 is 1.96 bits per heavy atom. The molecule has 8 nitrogen and oxygen atoms in total. The molecule has 0 unspecified atom stereocenters. The van der Waals surface area contributed by atoms with Crippen LogP contribution in [0.1, 0.15) is 34.7 Å². The van der Waals surface area contributed by atoms with Crippen molar-refractivity contribution >= 4 is 21.9 Å². The number of ether oxygens (including phenoxy) is 1. The maximum absolute atomic E-state index is 12.6. The molecule has 140 valence electrons. The first-order valence-electron chi connectivity index (χ1n) is 8.01. The number of carbonyl (C=O) groups excluding carboxylic acids is 2. The number of methoxy groups -OCH3 is 1. The van der Waals surface area contributed by atoms with Crippen molar-refractivity contribution < 1.29 is 27.2 Å². The molecule has 0 radical (unpaired) electrons. The van der Waals surface area contributed by atoms with Gasteiger partial charge >= 0.3 is 5.97 Å². The van der Waals surface area contributed by atoms with Gasteiger partial charge in [0, 0.05) is 26.1 Å². The monoisotopic (exact) mass is 372 g/mol. The summed E-state index contributed by atoms with van der Waals surface area (Å²) in [5.74, 6) is 0.210. The maximum Gasteiger partial charge on any atom is 0.341 e. The van der Waals surface area contributed by atoms with E-state index in [9.17, 15) is 18.0 Å². The lowest BCUT2D eigenvalue weighted by molar-refractivity contribution is -0.136. The van der Waals surface area contributed by atoms with E-state index in [4.69, 9.17) is 4.42 Å². The largest absolute Gasteiger partial charge is 0.465 e. The molecule has 0 saturated carbocycles. The van der Waals surface area contributed by atoms with E-state index in [1.54, 1.807) is 24.9 Å². The predicted octanol–water partition coefficient (Wildman–Crippen LogP) is 1.00. The number of hydrogen-bond donors (Lipinski definition) is 0. The van der Waals surface area contributed by atoms with Crippen molar-refractivity contribution in [2.75, 3.05) is 33.5 Å². The van der Waals surface area contributed by atoms with Gasteiger partial charge in [-0.1, -0.05) is 0 Å². The van der Waals surface area contributed by atoms with E-state index in [1.165, 1.54) is 17.7 Å². The van der Waals surface area contributed by atoms with Crippen molar-refractivity contribution in [2.45, 2.75) is 26.3 Å². The Kier molecular flexibility index (Phi) is 5.89. The van der Waals surface area contributed by atoms with Gasteiger partial charge < -0.3 is 14.1 Å². The summed E-state index contributed by atoms with van der Waals surface area (Å²) in [7, 11) is -0.241. The third-order valence-electron chi connectivity index (χ3n) is 4.42. The minimum absolute atomic E-state index is 0.0539. The van der Waals surface area contributed by atoms with Crippen LogP contribution in [-0.4, -0.2) is 63.0 Å². The van der Waals surface area contributed by atoms with E-state index < -0.39 is 16.0 Å². The number of nitrogens with zero attached hydrogens (tertiary/aromatic N) is 2. The zero-order valence-electron chi connectivity index (χ0n) is 14.9. The third kappa shape index (κ3) is 4.60. The zero-order chi connectivity index (χ0) is 18.8. The normalized spacial score (nSPS) is 16.6. The first-order valence-corrected chi connectivity index (χ1v) is 9.86. The standard InChI is InChI=1S/C16H24N2O6S/c1-11-14(16(20)23-3)9-13(24-11)10-17(2)15(19)12-5-7-18(8-6-12)25(4,21)22/h9,12H,5-8,10H2,1-4H3. The molecule has 1 saturated heterocycles. The Morgan fingerprint density at radius 3 is 2.48 bits per heavy atom. The number of rotatable bonds is 5. The third-order valence-corrected chi connectivity index (χ3v) is 5.72. The molecular weight excluding hydrogens is 348 g/mol. The number of sulfonamides is 1. The molecule has 1 aliphatic rings. The Morgan fingerprint density at radius 1 is 1.36 bits per heavy atom. The van der Waals surface area contributed by atoms with Crippen LogP contribution >= 0.6 is 0 Å². The fourth-order valence-corrected chi connectivity index (χ4v) is 3.87. The van der Waals surface area contributed by atoms with Gasteiger partial charge in [-0.05, 0) is 25.8 Å². The molecule has 25 heavy (non-hydrogen) atoms. The van der Waals surface area contributed by atoms with Crippen molar-refractivity contribution in [3.05, 3.63) is 23.2 Å². The molecule has 0 aliphatic carbocycles. The Bertz CT molecular complexity index is 747. The highest BCUT2D eigenvalue weighted by Gasteiger charge is 2.30. The molecule has 0 bridgehead atoms. The van der Waals surface area contributed by atoms with Crippen LogP contribution in [0.25, 0.3) is 0 Å². The molecule has 1 fully saturated rings. The molecule has 1 aliphatic heterocycles. The minimum Gasteiger partial charge on any atom is -0.465 e. The lowest BCUT2D eigenvalue weighted by Gasteiger charge is -2.31. The van der Waals surface area contributed by atoms with Crippen LogP contribution in [0.3, 0.4) is 0 Å². The molecule has 9 heteroatoms. The SMILES string of the molecule is COC(=O)c1cc(CN(C)C(=O)C2CCN(S(C)(=O)=O)CC2)oc1C. The van der Waals surface area contributed by atoms with E-state index >= 15 is 0 Å². The fourth-order valence-electron chi connectivity index (χ4n) is 2.99. The second-order valence-electron chi connectivity index (χ2n) is 6.30. The number of amides is 1. The molecule has 0 spiro atoms. The number of esters is 1. The average Bonchev–Trinajstić information content (AvgIpc) is 2.93. The molecule has 2 heterocycles. The summed E-state index contributed by atoms with van der Waals surface area (Å²) in [4.78, 5) is 25.7. The van der Waals surface area contributed by atoms with Crippen molar-refractivity contribution in [3.8, 4) is 0 Å². The van der Waals surface area contributed by atoms with Crippen LogP contribution in [0.4, 0.5) is 0 Å². The van der Waals surface area contributed by atoms with Crippen LogP contribution in [0.15, 0.2) is 10.5 Å². The summed E-state index contributed by atoms with van der Waals surface area (Å²) in [5, 5.41) is 0. The molecule has 0 N–H and O–H groups in total. The summed E-state index contributed by atoms with van der Waals surface area (Å²) >= 11 is 0. The van der Waals surface area contributed by atoms with Crippen molar-refractivity contribution in [1.29, 1.82) is 0 Å². The van der Waals surface area contributed by atoms with E-state index in [0.29, 0.717) is 43.0 Å². The molecule has 0 aromatic carbocycles. The average molecular weight is 372 g/mol. The minimum atomic E-state index is -3.21. The summed E-state index contributed by atoms with van der Waals surface area (Å²) in [6.07, 6.45) is 2.18. The molecule has 2 rings (SSSR count). The van der Waals surface area contributed by atoms with E-state index in [1.807, 2.05) is 0 Å². The number of carbonyl (C=O) groups is 2. The molecule has 1 amide bonds. The van der Waals surface area contributed by atoms with Crippen LogP contribution in [-0.2, 0) is 26.1 Å². The highest BCUT2D eigenvalue weighted by molar-refractivity contribution is 7.88. The summed E-state index contributed by atoms with van der Waals surface area (Å²) in [6, 6.07) is 1.58. The van der Waals surface area contributed by atoms with Gasteiger partial charge in [0.15, 0.2) is 0 Å². The van der Waals surface area contributed by atoms with Gasteiger partial charge in [0.25, 0.3) is 0 Å². The number of aryl methyl sites for hydroxylation is 1. The van der Waals surface area contributed by atoms with Gasteiger partial charge in [0.05, 0.1) is 19.9 Å². The van der Waals surface area contributed by atoms with E-state index in [0.717, 1.165) is 0 Å². The van der Waals surface area contributed by atoms with E-state index in [-0.39, 0.29) is 18.4 Å². The quantitative estimate of drug-likeness (QED) is 0.716. The van der Waals surface area contributed by atoms with Crippen LogP contribution in [0, 0.1) is 12.8 Å². The van der Waals surface area contributed by atoms with Crippen LogP contribution < -0.4 is 0 Å². The first-order chi connectivity index (χ1) is 11.6. The van der Waals surface area contributed by atoms with Crippen molar-refractivity contribution in [3.63, 3.8) is 0 Å². The number of hydrogen-bond acceptors (Lipinski definition) is 6. The number of furan rings is 1.